The van der Waals surface area contributed by atoms with Gasteiger partial charge in [-0.05, 0) is 0 Å². The molecule has 1 rings (SSSR count). The Morgan fingerprint density at radius 1 is 1.31 bits per heavy atom. The number of carboxylic acid groups (broad SMARTS) is 1. The summed E-state index contributed by atoms with van der Waals surface area (Å²) in [5.74, 6) is -2.79. The second kappa shape index (κ2) is 3.57. The van der Waals surface area contributed by atoms with Gasteiger partial charge < -0.3 is 9.84 Å². The number of hydrogen-bond donors (Lipinski definition) is 1. The molecule has 1 aliphatic heterocycles. The van der Waals surface area contributed by atoms with E-state index in [0.717, 1.165) is 0 Å². The minimum Gasteiger partial charge on any atom is -0.477 e. The summed E-state index contributed by atoms with van der Waals surface area (Å²) in [6.07, 6.45) is 0. The maximum Gasteiger partial charge on any atom is 0.356 e. The number of esters is 1. The average Bonchev–Trinajstić information content (AvgIpc) is 2.31. The summed E-state index contributed by atoms with van der Waals surface area (Å²) in [6, 6.07) is 0. The van der Waals surface area contributed by atoms with Crippen molar-refractivity contribution in [2.45, 2.75) is 0 Å². The van der Waals surface area contributed by atoms with E-state index in [1.807, 2.05) is 0 Å². The van der Waals surface area contributed by atoms with Gasteiger partial charge in [-0.25, -0.2) is 9.59 Å². The number of ether oxygens (including phenoxy) is 1. The van der Waals surface area contributed by atoms with Gasteiger partial charge in [-0.1, -0.05) is 34.8 Å². The molecule has 0 aliphatic carbocycles. The lowest BCUT2D eigenvalue weighted by atomic mass is 10.4. The van der Waals surface area contributed by atoms with Crippen LogP contribution in [0.25, 0.3) is 0 Å². The molecule has 1 aliphatic rings. The van der Waals surface area contributed by atoms with E-state index in [4.69, 9.17) is 39.9 Å². The largest absolute Gasteiger partial charge is 0.477 e. The van der Waals surface area contributed by atoms with Gasteiger partial charge in [0.15, 0.2) is 10.8 Å². The summed E-state index contributed by atoms with van der Waals surface area (Å²) in [7, 11) is 0. The number of cyclic esters (lactones) is 1. The van der Waals surface area contributed by atoms with Crippen molar-refractivity contribution in [2.75, 3.05) is 0 Å². The molecule has 4 nitrogen and oxygen atoms in total. The molecule has 0 amide bonds. The maximum atomic E-state index is 10.7. The normalized spacial score (nSPS) is 20.4. The van der Waals surface area contributed by atoms with E-state index < -0.39 is 22.7 Å². The number of carbonyl (C=O) groups excluding carboxylic acids is 1. The summed E-state index contributed by atoms with van der Waals surface area (Å²) in [5.41, 5.74) is 0. The third-order valence-corrected chi connectivity index (χ3v) is 2.29. The summed E-state index contributed by atoms with van der Waals surface area (Å²) < 4.78 is 4.40. The molecule has 0 saturated heterocycles. The molecule has 0 radical (unpaired) electrons. The van der Waals surface area contributed by atoms with Crippen LogP contribution in [0.3, 0.4) is 0 Å². The minimum atomic E-state index is -1.45. The van der Waals surface area contributed by atoms with E-state index in [9.17, 15) is 9.59 Å². The zero-order chi connectivity index (χ0) is 10.2. The van der Waals surface area contributed by atoms with E-state index in [-0.39, 0.29) is 10.1 Å². The SMILES string of the molecule is O=C1O/C(=C(\Cl)C(=O)O)C(Cl)=C1Cl. The van der Waals surface area contributed by atoms with E-state index in [2.05, 4.69) is 4.74 Å². The number of aliphatic carboxylic acids is 1. The Kier molecular flexibility index (Phi) is 2.85. The first-order valence-electron chi connectivity index (χ1n) is 2.86. The fourth-order valence-electron chi connectivity index (χ4n) is 0.610. The highest BCUT2D eigenvalue weighted by molar-refractivity contribution is 6.51. The van der Waals surface area contributed by atoms with Gasteiger partial charge in [-0.2, -0.15) is 0 Å². The number of halogens is 3. The third-order valence-electron chi connectivity index (χ3n) is 1.15. The monoisotopic (exact) mass is 242 g/mol. The van der Waals surface area contributed by atoms with Crippen molar-refractivity contribution < 1.29 is 19.4 Å². The van der Waals surface area contributed by atoms with Crippen LogP contribution in [-0.2, 0) is 14.3 Å². The molecule has 0 spiro atoms. The Morgan fingerprint density at radius 2 is 1.85 bits per heavy atom. The molecular weight excluding hydrogens is 242 g/mol. The number of carbonyl (C=O) groups is 2. The van der Waals surface area contributed by atoms with Crippen LogP contribution in [0.1, 0.15) is 0 Å². The fourth-order valence-corrected chi connectivity index (χ4v) is 1.13. The molecule has 7 heteroatoms. The Labute approximate surface area is 87.3 Å². The Bertz CT molecular complexity index is 355. The molecule has 0 bridgehead atoms. The van der Waals surface area contributed by atoms with Crippen molar-refractivity contribution in [3.05, 3.63) is 20.9 Å². The molecule has 13 heavy (non-hydrogen) atoms. The van der Waals surface area contributed by atoms with E-state index in [0.29, 0.717) is 0 Å². The van der Waals surface area contributed by atoms with Crippen molar-refractivity contribution >= 4 is 46.7 Å². The highest BCUT2D eigenvalue weighted by Crippen LogP contribution is 2.34. The van der Waals surface area contributed by atoms with E-state index >= 15 is 0 Å². The van der Waals surface area contributed by atoms with Gasteiger partial charge in [0.25, 0.3) is 0 Å². The fraction of sp³-hybridized carbons (Fsp3) is 0. The molecule has 0 aromatic rings. The number of allylic oxidation sites excluding steroid dienone is 1. The molecule has 0 fully saturated rings. The zero-order valence-corrected chi connectivity index (χ0v) is 8.07. The van der Waals surface area contributed by atoms with Gasteiger partial charge in [0.05, 0.1) is 0 Å². The molecular formula is C6HCl3O4. The first kappa shape index (κ1) is 10.4. The summed E-state index contributed by atoms with van der Waals surface area (Å²) in [6.45, 7) is 0. The third kappa shape index (κ3) is 1.80. The number of carboxylic acids is 1. The van der Waals surface area contributed by atoms with E-state index in [1.54, 1.807) is 0 Å². The lowest BCUT2D eigenvalue weighted by Crippen LogP contribution is -2.01. The first-order valence-corrected chi connectivity index (χ1v) is 3.99. The number of hydrogen-bond acceptors (Lipinski definition) is 3. The van der Waals surface area contributed by atoms with Crippen molar-refractivity contribution in [2.24, 2.45) is 0 Å². The van der Waals surface area contributed by atoms with Crippen LogP contribution in [0.15, 0.2) is 20.9 Å². The van der Waals surface area contributed by atoms with Crippen LogP contribution in [0, 0.1) is 0 Å². The minimum absolute atomic E-state index is 0.293. The maximum absolute atomic E-state index is 10.7. The van der Waals surface area contributed by atoms with Crippen LogP contribution >= 0.6 is 34.8 Å². The highest BCUT2D eigenvalue weighted by Gasteiger charge is 2.31. The Morgan fingerprint density at radius 3 is 2.15 bits per heavy atom. The van der Waals surface area contributed by atoms with Crippen molar-refractivity contribution in [3.63, 3.8) is 0 Å². The Balaban J connectivity index is 3.21. The summed E-state index contributed by atoms with van der Waals surface area (Å²) in [5, 5.41) is 7.07. The quantitative estimate of drug-likeness (QED) is 0.563. The first-order chi connectivity index (χ1) is 5.95. The molecule has 0 atom stereocenters. The molecule has 0 aromatic heterocycles. The predicted octanol–water partition coefficient (Wildman–Crippen LogP) is 1.77. The number of rotatable bonds is 1. The molecule has 0 unspecified atom stereocenters. The second-order valence-corrected chi connectivity index (χ2v) is 3.10. The highest BCUT2D eigenvalue weighted by atomic mass is 35.5. The van der Waals surface area contributed by atoms with E-state index in [1.165, 1.54) is 0 Å². The lowest BCUT2D eigenvalue weighted by molar-refractivity contribution is -0.133. The zero-order valence-electron chi connectivity index (χ0n) is 5.81. The molecule has 70 valence electrons. The summed E-state index contributed by atoms with van der Waals surface area (Å²) in [4.78, 5) is 21.1. The van der Waals surface area contributed by atoms with Gasteiger partial charge >= 0.3 is 11.9 Å². The second-order valence-electron chi connectivity index (χ2n) is 1.97. The average molecular weight is 243 g/mol. The van der Waals surface area contributed by atoms with Crippen molar-refractivity contribution in [1.29, 1.82) is 0 Å². The van der Waals surface area contributed by atoms with Gasteiger partial charge in [0.2, 0.25) is 0 Å². The predicted molar refractivity (Wildman–Crippen MR) is 45.3 cm³/mol. The molecule has 1 N–H and O–H groups in total. The lowest BCUT2D eigenvalue weighted by Gasteiger charge is -1.97. The van der Waals surface area contributed by atoms with Crippen LogP contribution in [0.2, 0.25) is 0 Å². The van der Waals surface area contributed by atoms with Crippen LogP contribution in [-0.4, -0.2) is 17.0 Å². The van der Waals surface area contributed by atoms with Gasteiger partial charge in [-0.15, -0.1) is 0 Å². The standard InChI is InChI=1S/C6HCl3O4/c7-1-2(8)6(12)13-4(1)3(9)5(10)11/h(H,10,11)/b4-3-. The molecule has 1 heterocycles. The van der Waals surface area contributed by atoms with Crippen molar-refractivity contribution in [3.8, 4) is 0 Å². The Hall–Kier alpha value is -0.710. The van der Waals surface area contributed by atoms with Gasteiger partial charge in [0.1, 0.15) is 10.1 Å². The molecule has 0 saturated carbocycles. The smallest absolute Gasteiger partial charge is 0.356 e. The van der Waals surface area contributed by atoms with Crippen molar-refractivity contribution in [1.82, 2.24) is 0 Å². The van der Waals surface area contributed by atoms with Gasteiger partial charge in [0, 0.05) is 0 Å². The molecule has 0 aromatic carbocycles. The topological polar surface area (TPSA) is 63.6 Å². The van der Waals surface area contributed by atoms with Gasteiger partial charge in [-0.3, -0.25) is 0 Å². The van der Waals surface area contributed by atoms with Crippen LogP contribution in [0.5, 0.6) is 0 Å². The van der Waals surface area contributed by atoms with Crippen LogP contribution < -0.4 is 0 Å². The van der Waals surface area contributed by atoms with Crippen LogP contribution in [0.4, 0.5) is 0 Å². The summed E-state index contributed by atoms with van der Waals surface area (Å²) >= 11 is 16.1.